The summed E-state index contributed by atoms with van der Waals surface area (Å²) >= 11 is 0. The van der Waals surface area contributed by atoms with Crippen molar-refractivity contribution in [1.82, 2.24) is 0 Å². The van der Waals surface area contributed by atoms with Crippen molar-refractivity contribution < 1.29 is 8.42 Å². The lowest BCUT2D eigenvalue weighted by molar-refractivity contribution is 0.570. The molecule has 102 valence electrons. The molecule has 0 aliphatic rings. The van der Waals surface area contributed by atoms with Crippen LogP contribution < -0.4 is 10.0 Å². The number of sulfonamides is 1. The first-order valence-electron chi connectivity index (χ1n) is 6.22. The predicted octanol–water partition coefficient (Wildman–Crippen LogP) is 2.47. The zero-order valence-corrected chi connectivity index (χ0v) is 12.1. The molecule has 0 aliphatic carbocycles. The number of nitrogen functional groups attached to an aromatic ring is 1. The normalized spacial score (nSPS) is 11.8. The molecule has 1 aromatic rings. The van der Waals surface area contributed by atoms with Crippen LogP contribution in [0.3, 0.4) is 0 Å². The van der Waals surface area contributed by atoms with E-state index in [2.05, 4.69) is 0 Å². The topological polar surface area (TPSA) is 63.4 Å². The van der Waals surface area contributed by atoms with Gasteiger partial charge in [-0.3, -0.25) is 4.31 Å². The average Bonchev–Trinajstić information content (AvgIpc) is 2.27. The Morgan fingerprint density at radius 3 is 2.50 bits per heavy atom. The highest BCUT2D eigenvalue weighted by atomic mass is 32.2. The molecule has 0 saturated carbocycles. The molecule has 0 amide bonds. The summed E-state index contributed by atoms with van der Waals surface area (Å²) in [5, 5.41) is 0. The second-order valence-corrected chi connectivity index (χ2v) is 6.77. The van der Waals surface area contributed by atoms with E-state index in [1.54, 1.807) is 24.3 Å². The zero-order valence-electron chi connectivity index (χ0n) is 11.3. The zero-order chi connectivity index (χ0) is 13.8. The molecule has 0 spiro atoms. The van der Waals surface area contributed by atoms with Crippen molar-refractivity contribution in [3.63, 3.8) is 0 Å². The summed E-state index contributed by atoms with van der Waals surface area (Å²) < 4.78 is 25.9. The molecule has 4 nitrogen and oxygen atoms in total. The first-order chi connectivity index (χ1) is 8.36. The van der Waals surface area contributed by atoms with Crippen LogP contribution in [0.2, 0.25) is 0 Å². The van der Waals surface area contributed by atoms with Gasteiger partial charge in [-0.2, -0.15) is 0 Å². The van der Waals surface area contributed by atoms with Crippen LogP contribution in [0.25, 0.3) is 0 Å². The van der Waals surface area contributed by atoms with E-state index < -0.39 is 10.0 Å². The maximum absolute atomic E-state index is 12.3. The molecule has 0 fully saturated rings. The van der Waals surface area contributed by atoms with E-state index in [4.69, 9.17) is 5.73 Å². The van der Waals surface area contributed by atoms with Gasteiger partial charge in [0.15, 0.2) is 0 Å². The minimum absolute atomic E-state index is 0.174. The van der Waals surface area contributed by atoms with E-state index in [1.807, 2.05) is 20.8 Å². The van der Waals surface area contributed by atoms with E-state index in [9.17, 15) is 8.42 Å². The summed E-state index contributed by atoms with van der Waals surface area (Å²) in [5.41, 5.74) is 6.91. The van der Waals surface area contributed by atoms with Crippen LogP contribution >= 0.6 is 0 Å². The Morgan fingerprint density at radius 1 is 1.33 bits per heavy atom. The van der Waals surface area contributed by atoms with Crippen molar-refractivity contribution in [3.05, 3.63) is 24.3 Å². The summed E-state index contributed by atoms with van der Waals surface area (Å²) in [6, 6.07) is 6.98. The molecule has 0 unspecified atom stereocenters. The fraction of sp³-hybridized carbons (Fsp3) is 0.538. The summed E-state index contributed by atoms with van der Waals surface area (Å²) in [5.74, 6) is 0.548. The standard InChI is InChI=1S/C13H22N2O2S/c1-4-15(13-7-5-6-12(14)10-13)18(16,17)9-8-11(2)3/h5-7,10-11H,4,8-9,14H2,1-3H3. The molecule has 1 rings (SSSR count). The number of benzene rings is 1. The van der Waals surface area contributed by atoms with Gasteiger partial charge in [-0.25, -0.2) is 8.42 Å². The lowest BCUT2D eigenvalue weighted by Gasteiger charge is -2.23. The van der Waals surface area contributed by atoms with Gasteiger partial charge in [-0.05, 0) is 37.5 Å². The van der Waals surface area contributed by atoms with Crippen molar-refractivity contribution >= 4 is 21.4 Å². The highest BCUT2D eigenvalue weighted by Gasteiger charge is 2.21. The van der Waals surface area contributed by atoms with Crippen LogP contribution in [0.15, 0.2) is 24.3 Å². The van der Waals surface area contributed by atoms with E-state index >= 15 is 0 Å². The van der Waals surface area contributed by atoms with E-state index in [-0.39, 0.29) is 5.75 Å². The third-order valence-electron chi connectivity index (χ3n) is 2.73. The fourth-order valence-corrected chi connectivity index (χ4v) is 3.53. The maximum atomic E-state index is 12.3. The molecule has 18 heavy (non-hydrogen) atoms. The van der Waals surface area contributed by atoms with E-state index in [0.717, 1.165) is 0 Å². The van der Waals surface area contributed by atoms with E-state index in [1.165, 1.54) is 4.31 Å². The van der Waals surface area contributed by atoms with Crippen molar-refractivity contribution in [1.29, 1.82) is 0 Å². The minimum atomic E-state index is -3.26. The second kappa shape index (κ2) is 6.09. The Balaban J connectivity index is 2.95. The molecule has 0 atom stereocenters. The van der Waals surface area contributed by atoms with Crippen LogP contribution in [0.4, 0.5) is 11.4 Å². The number of hydrogen-bond acceptors (Lipinski definition) is 3. The molecule has 0 aliphatic heterocycles. The molecule has 0 saturated heterocycles. The first kappa shape index (κ1) is 14.8. The second-order valence-electron chi connectivity index (χ2n) is 4.76. The highest BCUT2D eigenvalue weighted by molar-refractivity contribution is 7.92. The van der Waals surface area contributed by atoms with Gasteiger partial charge in [-0.15, -0.1) is 0 Å². The molecular formula is C13H22N2O2S. The Labute approximate surface area is 110 Å². The molecule has 0 heterocycles. The Kier molecular flexibility index (Phi) is 5.02. The van der Waals surface area contributed by atoms with Gasteiger partial charge in [0.2, 0.25) is 10.0 Å². The van der Waals surface area contributed by atoms with Crippen LogP contribution in [0.5, 0.6) is 0 Å². The van der Waals surface area contributed by atoms with Gasteiger partial charge in [0.1, 0.15) is 0 Å². The van der Waals surface area contributed by atoms with Gasteiger partial charge in [-0.1, -0.05) is 19.9 Å². The largest absolute Gasteiger partial charge is 0.399 e. The fourth-order valence-electron chi connectivity index (χ4n) is 1.71. The monoisotopic (exact) mass is 270 g/mol. The third-order valence-corrected chi connectivity index (χ3v) is 4.63. The Morgan fingerprint density at radius 2 is 2.00 bits per heavy atom. The lowest BCUT2D eigenvalue weighted by atomic mass is 10.2. The van der Waals surface area contributed by atoms with Gasteiger partial charge < -0.3 is 5.73 Å². The summed E-state index contributed by atoms with van der Waals surface area (Å²) in [6.07, 6.45) is 0.668. The molecule has 0 aromatic heterocycles. The highest BCUT2D eigenvalue weighted by Crippen LogP contribution is 2.21. The smallest absolute Gasteiger partial charge is 0.235 e. The lowest BCUT2D eigenvalue weighted by Crippen LogP contribution is -2.33. The molecule has 0 bridgehead atoms. The van der Waals surface area contributed by atoms with Crippen molar-refractivity contribution in [2.45, 2.75) is 27.2 Å². The van der Waals surface area contributed by atoms with Crippen molar-refractivity contribution in [2.75, 3.05) is 22.3 Å². The Bertz CT molecular complexity index is 484. The predicted molar refractivity (Wildman–Crippen MR) is 77.1 cm³/mol. The number of anilines is 2. The van der Waals surface area contributed by atoms with Gasteiger partial charge in [0.25, 0.3) is 0 Å². The van der Waals surface area contributed by atoms with Crippen LogP contribution in [0.1, 0.15) is 27.2 Å². The molecule has 1 aromatic carbocycles. The summed E-state index contributed by atoms with van der Waals surface area (Å²) in [7, 11) is -3.26. The molecule has 2 N–H and O–H groups in total. The molecular weight excluding hydrogens is 248 g/mol. The quantitative estimate of drug-likeness (QED) is 0.808. The SMILES string of the molecule is CCN(c1cccc(N)c1)S(=O)(=O)CCC(C)C. The van der Waals surface area contributed by atoms with E-state index in [0.29, 0.717) is 30.3 Å². The summed E-state index contributed by atoms with van der Waals surface area (Å²) in [6.45, 7) is 6.29. The van der Waals surface area contributed by atoms with Gasteiger partial charge in [0.05, 0.1) is 11.4 Å². The minimum Gasteiger partial charge on any atom is -0.399 e. The summed E-state index contributed by atoms with van der Waals surface area (Å²) in [4.78, 5) is 0. The molecule has 5 heteroatoms. The average molecular weight is 270 g/mol. The van der Waals surface area contributed by atoms with Gasteiger partial charge in [0, 0.05) is 12.2 Å². The number of nitrogens with two attached hydrogens (primary N) is 1. The third kappa shape index (κ3) is 3.91. The van der Waals surface area contributed by atoms with Crippen LogP contribution in [0, 0.1) is 5.92 Å². The number of hydrogen-bond donors (Lipinski definition) is 1. The van der Waals surface area contributed by atoms with Crippen molar-refractivity contribution in [2.24, 2.45) is 5.92 Å². The first-order valence-corrected chi connectivity index (χ1v) is 7.83. The number of rotatable bonds is 6. The van der Waals surface area contributed by atoms with Crippen LogP contribution in [-0.4, -0.2) is 20.7 Å². The maximum Gasteiger partial charge on any atom is 0.235 e. The Hall–Kier alpha value is -1.23. The van der Waals surface area contributed by atoms with Crippen molar-refractivity contribution in [3.8, 4) is 0 Å². The molecule has 0 radical (unpaired) electrons. The van der Waals surface area contributed by atoms with Gasteiger partial charge >= 0.3 is 0 Å². The van der Waals surface area contributed by atoms with Crippen LogP contribution in [-0.2, 0) is 10.0 Å². The number of nitrogens with zero attached hydrogens (tertiary/aromatic N) is 1.